The van der Waals surface area contributed by atoms with E-state index in [0.717, 1.165) is 11.8 Å². The molecule has 0 heterocycles. The Morgan fingerprint density at radius 1 is 1.33 bits per heavy atom. The summed E-state index contributed by atoms with van der Waals surface area (Å²) in [4.78, 5) is 0. The van der Waals surface area contributed by atoms with Crippen LogP contribution in [0.4, 0.5) is 0 Å². The molecular formula is C10H15NO3S. The molecule has 0 radical (unpaired) electrons. The molecule has 0 bridgehead atoms. The Hall–Kier alpha value is -0.910. The summed E-state index contributed by atoms with van der Waals surface area (Å²) in [7, 11) is -3.22. The van der Waals surface area contributed by atoms with Crippen LogP contribution in [-0.4, -0.2) is 32.4 Å². The van der Waals surface area contributed by atoms with Crippen LogP contribution in [0.2, 0.25) is 0 Å². The molecule has 0 saturated heterocycles. The molecule has 0 saturated carbocycles. The van der Waals surface area contributed by atoms with Gasteiger partial charge in [-0.05, 0) is 12.0 Å². The maximum atomic E-state index is 10.8. The van der Waals surface area contributed by atoms with Gasteiger partial charge >= 0.3 is 0 Å². The van der Waals surface area contributed by atoms with Crippen LogP contribution in [0.15, 0.2) is 30.3 Å². The minimum Gasteiger partial charge on any atom is -0.391 e. The van der Waals surface area contributed by atoms with Gasteiger partial charge in [0, 0.05) is 6.54 Å². The largest absolute Gasteiger partial charge is 0.391 e. The third-order valence-corrected chi connectivity index (χ3v) is 2.59. The van der Waals surface area contributed by atoms with Gasteiger partial charge in [-0.1, -0.05) is 30.3 Å². The molecule has 0 aliphatic carbocycles. The monoisotopic (exact) mass is 229 g/mol. The summed E-state index contributed by atoms with van der Waals surface area (Å²) in [6.45, 7) is 0.0493. The molecular weight excluding hydrogens is 214 g/mol. The lowest BCUT2D eigenvalue weighted by Gasteiger charge is -2.10. The molecule has 0 amide bonds. The smallest absolute Gasteiger partial charge is 0.208 e. The second-order valence-electron chi connectivity index (χ2n) is 3.46. The number of aliphatic hydroxyl groups is 1. The zero-order valence-electron chi connectivity index (χ0n) is 8.55. The molecule has 84 valence electrons. The molecule has 1 aromatic rings. The minimum absolute atomic E-state index is 0.0493. The highest BCUT2D eigenvalue weighted by Gasteiger charge is 2.08. The van der Waals surface area contributed by atoms with E-state index in [4.69, 9.17) is 0 Å². The van der Waals surface area contributed by atoms with Crippen molar-refractivity contribution in [2.24, 2.45) is 0 Å². The van der Waals surface area contributed by atoms with Crippen LogP contribution >= 0.6 is 0 Å². The van der Waals surface area contributed by atoms with Gasteiger partial charge in [0.1, 0.15) is 0 Å². The van der Waals surface area contributed by atoms with E-state index >= 15 is 0 Å². The number of hydrogen-bond donors (Lipinski definition) is 2. The van der Waals surface area contributed by atoms with E-state index in [9.17, 15) is 13.5 Å². The van der Waals surface area contributed by atoms with E-state index in [-0.39, 0.29) is 6.54 Å². The molecule has 2 N–H and O–H groups in total. The Labute approximate surface area is 90.0 Å². The van der Waals surface area contributed by atoms with Gasteiger partial charge in [-0.2, -0.15) is 0 Å². The Bertz CT molecular complexity index is 388. The topological polar surface area (TPSA) is 66.4 Å². The van der Waals surface area contributed by atoms with Gasteiger partial charge in [-0.3, -0.25) is 0 Å². The van der Waals surface area contributed by atoms with E-state index in [1.54, 1.807) is 0 Å². The third-order valence-electron chi connectivity index (χ3n) is 1.90. The van der Waals surface area contributed by atoms with E-state index in [1.807, 2.05) is 30.3 Å². The average Bonchev–Trinajstić information content (AvgIpc) is 2.15. The van der Waals surface area contributed by atoms with Gasteiger partial charge in [0.2, 0.25) is 10.0 Å². The molecule has 0 fully saturated rings. The zero-order valence-corrected chi connectivity index (χ0v) is 9.37. The molecule has 0 aliphatic rings. The standard InChI is InChI=1S/C10H15NO3S/c1-15(13,14)11-8-10(12)7-9-5-3-2-4-6-9/h2-6,10-12H,7-8H2,1H3/t10-/m0/s1. The Morgan fingerprint density at radius 3 is 2.47 bits per heavy atom. The van der Waals surface area contributed by atoms with Crippen molar-refractivity contribution >= 4 is 10.0 Å². The second-order valence-corrected chi connectivity index (χ2v) is 5.30. The number of benzene rings is 1. The predicted octanol–water partition coefficient (Wildman–Crippen LogP) is 0.139. The first-order valence-corrected chi connectivity index (χ1v) is 6.53. The number of sulfonamides is 1. The number of hydrogen-bond acceptors (Lipinski definition) is 3. The van der Waals surface area contributed by atoms with Crippen LogP contribution < -0.4 is 4.72 Å². The first-order valence-electron chi connectivity index (χ1n) is 4.64. The SMILES string of the molecule is CS(=O)(=O)NC[C@@H](O)Cc1ccccc1. The van der Waals surface area contributed by atoms with Crippen LogP contribution in [0.5, 0.6) is 0 Å². The van der Waals surface area contributed by atoms with E-state index in [0.29, 0.717) is 6.42 Å². The maximum absolute atomic E-state index is 10.8. The molecule has 1 rings (SSSR count). The summed E-state index contributed by atoms with van der Waals surface area (Å²) >= 11 is 0. The van der Waals surface area contributed by atoms with Crippen molar-refractivity contribution in [3.05, 3.63) is 35.9 Å². The van der Waals surface area contributed by atoms with Crippen molar-refractivity contribution in [3.8, 4) is 0 Å². The summed E-state index contributed by atoms with van der Waals surface area (Å²) in [6, 6.07) is 9.44. The summed E-state index contributed by atoms with van der Waals surface area (Å²) in [5.74, 6) is 0. The summed E-state index contributed by atoms with van der Waals surface area (Å²) in [5, 5.41) is 9.54. The summed E-state index contributed by atoms with van der Waals surface area (Å²) in [5.41, 5.74) is 0.986. The zero-order chi connectivity index (χ0) is 11.3. The molecule has 0 aliphatic heterocycles. The van der Waals surface area contributed by atoms with Crippen molar-refractivity contribution in [1.82, 2.24) is 4.72 Å². The highest BCUT2D eigenvalue weighted by Crippen LogP contribution is 2.02. The van der Waals surface area contributed by atoms with Crippen LogP contribution in [0.25, 0.3) is 0 Å². The normalized spacial score (nSPS) is 13.7. The summed E-state index contributed by atoms with van der Waals surface area (Å²) < 4.78 is 23.8. The molecule has 1 aromatic carbocycles. The second kappa shape index (κ2) is 5.25. The quantitative estimate of drug-likeness (QED) is 0.754. The van der Waals surface area contributed by atoms with Crippen molar-refractivity contribution < 1.29 is 13.5 Å². The lowest BCUT2D eigenvalue weighted by Crippen LogP contribution is -2.32. The first kappa shape index (κ1) is 12.2. The highest BCUT2D eigenvalue weighted by molar-refractivity contribution is 7.88. The molecule has 15 heavy (non-hydrogen) atoms. The Morgan fingerprint density at radius 2 is 1.93 bits per heavy atom. The van der Waals surface area contributed by atoms with Crippen LogP contribution in [0.1, 0.15) is 5.56 Å². The fourth-order valence-electron chi connectivity index (χ4n) is 1.21. The van der Waals surface area contributed by atoms with Gasteiger partial charge in [-0.25, -0.2) is 13.1 Å². The third kappa shape index (κ3) is 5.51. The van der Waals surface area contributed by atoms with Gasteiger partial charge in [0.15, 0.2) is 0 Å². The van der Waals surface area contributed by atoms with Crippen molar-refractivity contribution in [2.45, 2.75) is 12.5 Å². The fraction of sp³-hybridized carbons (Fsp3) is 0.400. The van der Waals surface area contributed by atoms with Crippen molar-refractivity contribution in [3.63, 3.8) is 0 Å². The van der Waals surface area contributed by atoms with Gasteiger partial charge in [0.05, 0.1) is 12.4 Å². The van der Waals surface area contributed by atoms with E-state index < -0.39 is 16.1 Å². The van der Waals surface area contributed by atoms with Crippen LogP contribution in [0, 0.1) is 0 Å². The minimum atomic E-state index is -3.22. The Balaban J connectivity index is 2.40. The van der Waals surface area contributed by atoms with E-state index in [1.165, 1.54) is 0 Å². The number of rotatable bonds is 5. The van der Waals surface area contributed by atoms with E-state index in [2.05, 4.69) is 4.72 Å². The average molecular weight is 229 g/mol. The first-order chi connectivity index (χ1) is 6.97. The van der Waals surface area contributed by atoms with Crippen molar-refractivity contribution in [2.75, 3.05) is 12.8 Å². The highest BCUT2D eigenvalue weighted by atomic mass is 32.2. The molecule has 0 spiro atoms. The number of aliphatic hydroxyl groups excluding tert-OH is 1. The molecule has 5 heteroatoms. The lowest BCUT2D eigenvalue weighted by molar-refractivity contribution is 0.179. The Kier molecular flexibility index (Phi) is 4.26. The van der Waals surface area contributed by atoms with Gasteiger partial charge < -0.3 is 5.11 Å². The van der Waals surface area contributed by atoms with Crippen molar-refractivity contribution in [1.29, 1.82) is 0 Å². The predicted molar refractivity (Wildman–Crippen MR) is 59.0 cm³/mol. The molecule has 0 aromatic heterocycles. The van der Waals surface area contributed by atoms with Gasteiger partial charge in [-0.15, -0.1) is 0 Å². The maximum Gasteiger partial charge on any atom is 0.208 e. The van der Waals surface area contributed by atoms with Gasteiger partial charge in [0.25, 0.3) is 0 Å². The number of nitrogens with one attached hydrogen (secondary N) is 1. The molecule has 4 nitrogen and oxygen atoms in total. The fourth-order valence-corrected chi connectivity index (χ4v) is 1.70. The summed E-state index contributed by atoms with van der Waals surface area (Å²) in [6.07, 6.45) is 0.827. The lowest BCUT2D eigenvalue weighted by atomic mass is 10.1. The van der Waals surface area contributed by atoms with Crippen LogP contribution in [-0.2, 0) is 16.4 Å². The van der Waals surface area contributed by atoms with Crippen LogP contribution in [0.3, 0.4) is 0 Å². The molecule has 0 unspecified atom stereocenters. The molecule has 1 atom stereocenters.